The van der Waals surface area contributed by atoms with E-state index in [0.717, 1.165) is 0 Å². The maximum atomic E-state index is 2.23. The Kier molecular flexibility index (Phi) is 11.5. The number of hydrogen-bond acceptors (Lipinski definition) is 0. The first-order valence-electron chi connectivity index (χ1n) is 12.1. The van der Waals surface area contributed by atoms with Crippen LogP contribution in [0.3, 0.4) is 0 Å². The second kappa shape index (κ2) is 15.0. The standard InChI is InChI=1S/2C17H14P.Co/c2*1-3-9-15(10-4-1)18(17-13-7-8-14-17)16-11-5-2-6-12-16;/h2*1-14H;/q;;+2. The SMILES string of the molecule is [CH]1[CH][CH][C](P(c2ccccc2)c2ccccc2)[CH]1.[CH]1[CH][CH][C](P(c2ccccc2)c2ccccc2)[CH]1.[Co+2]. The summed E-state index contributed by atoms with van der Waals surface area (Å²) in [5, 5.41) is 5.63. The molecule has 0 saturated heterocycles. The first-order valence-corrected chi connectivity index (χ1v) is 14.8. The summed E-state index contributed by atoms with van der Waals surface area (Å²) in [5.41, 5.74) is 2.84. The molecule has 2 fully saturated rings. The first-order chi connectivity index (χ1) is 17.9. The van der Waals surface area contributed by atoms with E-state index in [-0.39, 0.29) is 16.8 Å². The monoisotopic (exact) mass is 557 g/mol. The summed E-state index contributed by atoms with van der Waals surface area (Å²) in [4.78, 5) is 0. The van der Waals surface area contributed by atoms with Crippen molar-refractivity contribution in [3.63, 3.8) is 0 Å². The largest absolute Gasteiger partial charge is 2.00 e. The molecule has 0 heterocycles. The van der Waals surface area contributed by atoms with Crippen LogP contribution in [-0.4, -0.2) is 0 Å². The van der Waals surface area contributed by atoms with E-state index >= 15 is 0 Å². The predicted octanol–water partition coefficient (Wildman–Crippen LogP) is 6.96. The quantitative estimate of drug-likeness (QED) is 0.225. The molecular formula is C34H28CoP2+2. The molecule has 0 spiro atoms. The van der Waals surface area contributed by atoms with Crippen molar-refractivity contribution < 1.29 is 16.8 Å². The maximum absolute atomic E-state index is 2.23. The molecule has 2 saturated carbocycles. The van der Waals surface area contributed by atoms with Crippen LogP contribution in [0, 0.1) is 62.7 Å². The van der Waals surface area contributed by atoms with Crippen molar-refractivity contribution in [1.82, 2.24) is 0 Å². The van der Waals surface area contributed by atoms with Crippen LogP contribution in [-0.2, 0) is 16.8 Å². The molecule has 2 aliphatic rings. The fourth-order valence-electron chi connectivity index (χ4n) is 4.23. The molecule has 0 nitrogen and oxygen atoms in total. The van der Waals surface area contributed by atoms with Crippen LogP contribution in [0.2, 0.25) is 0 Å². The zero-order chi connectivity index (χ0) is 24.4. The van der Waals surface area contributed by atoms with E-state index in [1.54, 1.807) is 0 Å². The Morgan fingerprint density at radius 1 is 0.297 bits per heavy atom. The minimum Gasteiger partial charge on any atom is -0.0622 e. The molecular weight excluding hydrogens is 529 g/mol. The third-order valence-corrected chi connectivity index (χ3v) is 10.8. The predicted molar refractivity (Wildman–Crippen MR) is 159 cm³/mol. The van der Waals surface area contributed by atoms with E-state index in [1.807, 2.05) is 0 Å². The van der Waals surface area contributed by atoms with E-state index in [9.17, 15) is 0 Å². The number of hydrogen-bond donors (Lipinski definition) is 0. The van der Waals surface area contributed by atoms with Crippen molar-refractivity contribution >= 4 is 37.1 Å². The Morgan fingerprint density at radius 3 is 0.730 bits per heavy atom. The summed E-state index contributed by atoms with van der Waals surface area (Å²) >= 11 is 0. The molecule has 0 unspecified atom stereocenters. The van der Waals surface area contributed by atoms with Gasteiger partial charge in [0.25, 0.3) is 0 Å². The molecule has 2 aliphatic carbocycles. The van der Waals surface area contributed by atoms with Gasteiger partial charge in [0.05, 0.1) is 0 Å². The molecule has 11 radical (unpaired) electrons. The molecule has 0 bridgehead atoms. The van der Waals surface area contributed by atoms with Crippen LogP contribution in [0.5, 0.6) is 0 Å². The number of benzene rings is 4. The van der Waals surface area contributed by atoms with Crippen molar-refractivity contribution in [2.24, 2.45) is 0 Å². The molecule has 0 N–H and O–H groups in total. The van der Waals surface area contributed by atoms with Gasteiger partial charge in [-0.25, -0.2) is 0 Å². The summed E-state index contributed by atoms with van der Waals surface area (Å²) < 4.78 is 0. The van der Waals surface area contributed by atoms with Gasteiger partial charge in [-0.15, -0.1) is 0 Å². The van der Waals surface area contributed by atoms with Gasteiger partial charge in [0.1, 0.15) is 0 Å². The summed E-state index contributed by atoms with van der Waals surface area (Å²) in [6.07, 6.45) is 17.4. The van der Waals surface area contributed by atoms with Gasteiger partial charge < -0.3 is 0 Å². The van der Waals surface area contributed by atoms with Crippen molar-refractivity contribution in [1.29, 1.82) is 0 Å². The Balaban J connectivity index is 0.000000168. The van der Waals surface area contributed by atoms with Crippen molar-refractivity contribution in [2.45, 2.75) is 0 Å². The number of rotatable bonds is 6. The van der Waals surface area contributed by atoms with Crippen LogP contribution in [0.1, 0.15) is 0 Å². The maximum Gasteiger partial charge on any atom is 2.00 e. The van der Waals surface area contributed by atoms with Crippen molar-refractivity contribution in [3.05, 3.63) is 184 Å². The van der Waals surface area contributed by atoms with Gasteiger partial charge in [-0.3, -0.25) is 0 Å². The van der Waals surface area contributed by atoms with Gasteiger partial charge in [-0.1, -0.05) is 121 Å². The Morgan fingerprint density at radius 2 is 0.514 bits per heavy atom. The minimum absolute atomic E-state index is 0. The zero-order valence-corrected chi connectivity index (χ0v) is 23.2. The Labute approximate surface area is 237 Å². The second-order valence-electron chi connectivity index (χ2n) is 8.30. The summed E-state index contributed by atoms with van der Waals surface area (Å²) in [6.45, 7) is 0. The van der Waals surface area contributed by atoms with Crippen LogP contribution < -0.4 is 21.2 Å². The van der Waals surface area contributed by atoms with E-state index in [0.29, 0.717) is 0 Å². The summed E-state index contributed by atoms with van der Waals surface area (Å²) in [6, 6.07) is 43.1. The van der Waals surface area contributed by atoms with Crippen LogP contribution >= 0.6 is 15.8 Å². The minimum atomic E-state index is -0.409. The molecule has 4 aromatic carbocycles. The molecule has 181 valence electrons. The molecule has 0 amide bonds. The first kappa shape index (κ1) is 28.3. The van der Waals surface area contributed by atoms with Gasteiger partial charge in [0.2, 0.25) is 0 Å². The van der Waals surface area contributed by atoms with Crippen LogP contribution in [0.4, 0.5) is 0 Å². The van der Waals surface area contributed by atoms with E-state index in [1.165, 1.54) is 32.5 Å². The van der Waals surface area contributed by atoms with E-state index in [4.69, 9.17) is 0 Å². The molecule has 4 aromatic rings. The van der Waals surface area contributed by atoms with Crippen LogP contribution in [0.25, 0.3) is 0 Å². The van der Waals surface area contributed by atoms with Gasteiger partial charge in [-0.05, 0) is 88.4 Å². The van der Waals surface area contributed by atoms with E-state index in [2.05, 4.69) is 173 Å². The van der Waals surface area contributed by atoms with Crippen LogP contribution in [0.15, 0.2) is 121 Å². The average Bonchev–Trinajstić information content (AvgIpc) is 3.68. The Bertz CT molecular complexity index is 966. The molecule has 6 rings (SSSR count). The van der Waals surface area contributed by atoms with Crippen molar-refractivity contribution in [3.8, 4) is 0 Å². The molecule has 0 atom stereocenters. The van der Waals surface area contributed by atoms with Crippen molar-refractivity contribution in [2.75, 3.05) is 0 Å². The average molecular weight is 557 g/mol. The molecule has 37 heavy (non-hydrogen) atoms. The molecule has 0 aromatic heterocycles. The third kappa shape index (κ3) is 7.65. The van der Waals surface area contributed by atoms with E-state index < -0.39 is 15.8 Å². The fraction of sp³-hybridized carbons (Fsp3) is 0. The second-order valence-corrected chi connectivity index (χ2v) is 12.7. The third-order valence-electron chi connectivity index (χ3n) is 5.86. The van der Waals surface area contributed by atoms with Gasteiger partial charge in [0, 0.05) is 11.3 Å². The summed E-state index contributed by atoms with van der Waals surface area (Å²) in [5.74, 6) is 0. The Hall–Kier alpha value is -1.75. The van der Waals surface area contributed by atoms with Gasteiger partial charge >= 0.3 is 16.8 Å². The smallest absolute Gasteiger partial charge is 0.0622 e. The van der Waals surface area contributed by atoms with Gasteiger partial charge in [-0.2, -0.15) is 0 Å². The normalized spacial score (nSPS) is 15.8. The summed E-state index contributed by atoms with van der Waals surface area (Å²) in [7, 11) is -0.818. The fourth-order valence-corrected chi connectivity index (χ4v) is 8.84. The topological polar surface area (TPSA) is 0 Å². The molecule has 0 aliphatic heterocycles. The zero-order valence-electron chi connectivity index (χ0n) is 20.4. The molecule has 3 heteroatoms. The van der Waals surface area contributed by atoms with Gasteiger partial charge in [0.15, 0.2) is 0 Å².